The average Bonchev–Trinajstić information content (AvgIpc) is 3.13. The van der Waals surface area contributed by atoms with Crippen molar-refractivity contribution < 1.29 is 27.1 Å². The van der Waals surface area contributed by atoms with E-state index in [0.29, 0.717) is 17.2 Å². The number of nitrogens with one attached hydrogen (secondary N) is 1. The fraction of sp³-hybridized carbons (Fsp3) is 0.267. The van der Waals surface area contributed by atoms with E-state index in [9.17, 15) is 13.2 Å². The number of ether oxygens (including phenoxy) is 2. The number of rotatable bonds is 4. The minimum absolute atomic E-state index is 0.0682. The molecule has 10 heteroatoms. The minimum Gasteiger partial charge on any atom is -0.455 e. The van der Waals surface area contributed by atoms with Crippen molar-refractivity contribution in [2.75, 3.05) is 31.9 Å². The lowest BCUT2D eigenvalue weighted by atomic mass is 10.2. The van der Waals surface area contributed by atoms with Gasteiger partial charge in [-0.25, -0.2) is 12.7 Å². The molecule has 0 saturated carbocycles. The smallest absolute Gasteiger partial charge is 0.291 e. The third kappa shape index (κ3) is 3.01. The van der Waals surface area contributed by atoms with Crippen LogP contribution in [0.4, 0.5) is 11.4 Å². The van der Waals surface area contributed by atoms with Gasteiger partial charge in [-0.3, -0.25) is 4.79 Å². The largest absolute Gasteiger partial charge is 0.455 e. The fourth-order valence-electron chi connectivity index (χ4n) is 2.28. The Kier molecular flexibility index (Phi) is 4.09. The van der Waals surface area contributed by atoms with Crippen molar-refractivity contribution >= 4 is 27.3 Å². The number of nitrogens with zero attached hydrogens (tertiary/aromatic N) is 1. The third-order valence-electron chi connectivity index (χ3n) is 3.65. The highest BCUT2D eigenvalue weighted by Gasteiger charge is 2.26. The number of carbonyl (C=O) groups is 1. The highest BCUT2D eigenvalue weighted by molar-refractivity contribution is 7.89. The number of aryl methyl sites for hydroxylation is 1. The summed E-state index contributed by atoms with van der Waals surface area (Å²) in [5, 5.41) is 2.58. The summed E-state index contributed by atoms with van der Waals surface area (Å²) in [6, 6.07) is 4.25. The first kappa shape index (κ1) is 17.1. The Morgan fingerprint density at radius 3 is 2.48 bits per heavy atom. The van der Waals surface area contributed by atoms with E-state index in [-0.39, 0.29) is 28.9 Å². The van der Waals surface area contributed by atoms with Crippen LogP contribution in [0.25, 0.3) is 0 Å². The van der Waals surface area contributed by atoms with Crippen molar-refractivity contribution in [3.8, 4) is 11.5 Å². The maximum atomic E-state index is 12.4. The summed E-state index contributed by atoms with van der Waals surface area (Å²) in [5.74, 6) is 0.293. The number of fused-ring (bicyclic) bond motifs is 1. The van der Waals surface area contributed by atoms with Gasteiger partial charge in [0.25, 0.3) is 5.91 Å². The van der Waals surface area contributed by atoms with Crippen molar-refractivity contribution in [2.45, 2.75) is 11.8 Å². The second-order valence-electron chi connectivity index (χ2n) is 5.57. The van der Waals surface area contributed by atoms with Gasteiger partial charge in [0, 0.05) is 32.3 Å². The number of anilines is 2. The predicted octanol–water partition coefficient (Wildman–Crippen LogP) is 1.40. The Morgan fingerprint density at radius 1 is 1.20 bits per heavy atom. The van der Waals surface area contributed by atoms with Gasteiger partial charge in [-0.2, -0.15) is 0 Å². The summed E-state index contributed by atoms with van der Waals surface area (Å²) >= 11 is 0. The normalized spacial score (nSPS) is 13.3. The number of benzene rings is 1. The Balaban J connectivity index is 1.88. The van der Waals surface area contributed by atoms with Crippen LogP contribution in [-0.2, 0) is 10.0 Å². The molecule has 3 rings (SSSR count). The first-order valence-corrected chi connectivity index (χ1v) is 8.67. The lowest BCUT2D eigenvalue weighted by Gasteiger charge is -2.09. The van der Waals surface area contributed by atoms with Crippen molar-refractivity contribution in [3.05, 3.63) is 29.7 Å². The van der Waals surface area contributed by atoms with Crippen LogP contribution in [0, 0.1) is 6.92 Å². The number of nitrogens with two attached hydrogens (primary N) is 1. The molecule has 0 atom stereocenters. The van der Waals surface area contributed by atoms with Gasteiger partial charge in [0.15, 0.2) is 17.3 Å². The van der Waals surface area contributed by atoms with Gasteiger partial charge >= 0.3 is 0 Å². The second kappa shape index (κ2) is 5.97. The zero-order chi connectivity index (χ0) is 18.4. The molecule has 2 heterocycles. The van der Waals surface area contributed by atoms with Crippen LogP contribution in [-0.4, -0.2) is 39.5 Å². The number of amides is 1. The minimum atomic E-state index is -3.71. The van der Waals surface area contributed by atoms with E-state index < -0.39 is 15.9 Å². The van der Waals surface area contributed by atoms with Gasteiger partial charge < -0.3 is 24.9 Å². The van der Waals surface area contributed by atoms with Gasteiger partial charge in [0.05, 0.1) is 11.4 Å². The summed E-state index contributed by atoms with van der Waals surface area (Å²) in [5.41, 5.74) is 6.47. The molecule has 1 aliphatic rings. The molecule has 0 spiro atoms. The molecule has 25 heavy (non-hydrogen) atoms. The number of carbonyl (C=O) groups excluding carboxylic acids is 1. The van der Waals surface area contributed by atoms with Crippen molar-refractivity contribution in [3.63, 3.8) is 0 Å². The van der Waals surface area contributed by atoms with Crippen LogP contribution in [0.1, 0.15) is 16.3 Å². The molecule has 0 fully saturated rings. The highest BCUT2D eigenvalue weighted by Crippen LogP contribution is 2.38. The lowest BCUT2D eigenvalue weighted by Crippen LogP contribution is -2.22. The summed E-state index contributed by atoms with van der Waals surface area (Å²) in [4.78, 5) is 12.3. The van der Waals surface area contributed by atoms with E-state index in [1.807, 2.05) is 0 Å². The van der Waals surface area contributed by atoms with Crippen LogP contribution in [0.15, 0.2) is 27.5 Å². The first-order chi connectivity index (χ1) is 11.7. The Morgan fingerprint density at radius 2 is 1.84 bits per heavy atom. The Bertz CT molecular complexity index is 948. The molecule has 2 aromatic rings. The van der Waals surface area contributed by atoms with Crippen LogP contribution >= 0.6 is 0 Å². The standard InChI is InChI=1S/C15H17N3O6S/c1-8-14(25(20,21)18(2)3)6-13(24-8)15(19)17-10-5-12-11(4-9(10)16)22-7-23-12/h4-6H,7,16H2,1-3H3,(H,17,19). The molecule has 3 N–H and O–H groups in total. The van der Waals surface area contributed by atoms with Crippen LogP contribution in [0.5, 0.6) is 11.5 Å². The van der Waals surface area contributed by atoms with E-state index in [4.69, 9.17) is 19.6 Å². The lowest BCUT2D eigenvalue weighted by molar-refractivity contribution is 0.0995. The highest BCUT2D eigenvalue weighted by atomic mass is 32.2. The zero-order valence-electron chi connectivity index (χ0n) is 13.8. The van der Waals surface area contributed by atoms with Gasteiger partial charge in [0.1, 0.15) is 10.7 Å². The summed E-state index contributed by atoms with van der Waals surface area (Å²) in [6.07, 6.45) is 0. The monoisotopic (exact) mass is 367 g/mol. The van der Waals surface area contributed by atoms with Crippen LogP contribution in [0.3, 0.4) is 0 Å². The van der Waals surface area contributed by atoms with Gasteiger partial charge in [-0.05, 0) is 6.92 Å². The molecule has 1 aromatic carbocycles. The van der Waals surface area contributed by atoms with Crippen LogP contribution in [0.2, 0.25) is 0 Å². The van der Waals surface area contributed by atoms with E-state index in [2.05, 4.69) is 5.32 Å². The quantitative estimate of drug-likeness (QED) is 0.783. The third-order valence-corrected chi connectivity index (χ3v) is 5.57. The molecule has 1 aromatic heterocycles. The number of sulfonamides is 1. The molecule has 0 saturated heterocycles. The maximum absolute atomic E-state index is 12.4. The fourth-order valence-corrected chi connectivity index (χ4v) is 3.33. The number of hydrogen-bond donors (Lipinski definition) is 2. The number of furan rings is 1. The molecule has 0 aliphatic carbocycles. The molecule has 9 nitrogen and oxygen atoms in total. The Hall–Kier alpha value is -2.72. The first-order valence-electron chi connectivity index (χ1n) is 7.23. The van der Waals surface area contributed by atoms with Gasteiger partial charge in [-0.1, -0.05) is 0 Å². The molecular weight excluding hydrogens is 350 g/mol. The van der Waals surface area contributed by atoms with E-state index >= 15 is 0 Å². The van der Waals surface area contributed by atoms with E-state index in [0.717, 1.165) is 4.31 Å². The maximum Gasteiger partial charge on any atom is 0.291 e. The summed E-state index contributed by atoms with van der Waals surface area (Å²) in [6.45, 7) is 1.55. The van der Waals surface area contributed by atoms with Crippen LogP contribution < -0.4 is 20.5 Å². The second-order valence-corrected chi connectivity index (χ2v) is 7.69. The zero-order valence-corrected chi connectivity index (χ0v) is 14.6. The summed E-state index contributed by atoms with van der Waals surface area (Å²) in [7, 11) is -0.916. The SMILES string of the molecule is Cc1oc(C(=O)Nc2cc3c(cc2N)OCO3)cc1S(=O)(=O)N(C)C. The van der Waals surface area contributed by atoms with E-state index in [1.165, 1.54) is 39.2 Å². The van der Waals surface area contributed by atoms with Crippen molar-refractivity contribution in [1.29, 1.82) is 0 Å². The molecule has 0 bridgehead atoms. The van der Waals surface area contributed by atoms with Gasteiger partial charge in [0.2, 0.25) is 16.8 Å². The molecule has 134 valence electrons. The molecule has 0 unspecified atom stereocenters. The summed E-state index contributed by atoms with van der Waals surface area (Å²) < 4.78 is 41.2. The number of hydrogen-bond acceptors (Lipinski definition) is 7. The van der Waals surface area contributed by atoms with Gasteiger partial charge in [-0.15, -0.1) is 0 Å². The molecule has 1 amide bonds. The van der Waals surface area contributed by atoms with Crippen molar-refractivity contribution in [2.24, 2.45) is 0 Å². The number of nitrogen functional groups attached to an aromatic ring is 1. The average molecular weight is 367 g/mol. The van der Waals surface area contributed by atoms with E-state index in [1.54, 1.807) is 0 Å². The van der Waals surface area contributed by atoms with Crippen molar-refractivity contribution in [1.82, 2.24) is 4.31 Å². The molecule has 1 aliphatic heterocycles. The molecule has 0 radical (unpaired) electrons. The molecular formula is C15H17N3O6S. The Labute approximate surface area is 144 Å². The topological polar surface area (TPSA) is 124 Å². The predicted molar refractivity (Wildman–Crippen MR) is 89.2 cm³/mol.